The number of hydrogen-bond acceptors (Lipinski definition) is 3. The lowest BCUT2D eigenvalue weighted by Gasteiger charge is -2.21. The standard InChI is InChI=1S/C24H27ClN2O3/c1-5-20(17-10-7-6-8-11-17)26-23(28)21-16(4)27(30-14-15(2)3)24(29)22-18(21)12-9-13-19(22)25/h6-13,15,20H,5,14H2,1-4H3,(H,26,28). The van der Waals surface area contributed by atoms with Crippen molar-refractivity contribution in [1.29, 1.82) is 0 Å². The van der Waals surface area contributed by atoms with Crippen molar-refractivity contribution < 1.29 is 9.63 Å². The SMILES string of the molecule is CCC(NC(=O)c1c(C)n(OCC(C)C)c(=O)c2c(Cl)cccc12)c1ccccc1. The summed E-state index contributed by atoms with van der Waals surface area (Å²) < 4.78 is 1.20. The average molecular weight is 427 g/mol. The Labute approximate surface area is 181 Å². The van der Waals surface area contributed by atoms with Crippen LogP contribution in [0.1, 0.15) is 54.8 Å². The van der Waals surface area contributed by atoms with Gasteiger partial charge in [-0.25, -0.2) is 0 Å². The van der Waals surface area contributed by atoms with Crippen LogP contribution in [0, 0.1) is 12.8 Å². The van der Waals surface area contributed by atoms with Crippen molar-refractivity contribution in [2.24, 2.45) is 5.92 Å². The van der Waals surface area contributed by atoms with E-state index in [4.69, 9.17) is 16.4 Å². The van der Waals surface area contributed by atoms with Gasteiger partial charge in [0.2, 0.25) is 0 Å². The van der Waals surface area contributed by atoms with Gasteiger partial charge in [0, 0.05) is 5.39 Å². The van der Waals surface area contributed by atoms with Crippen LogP contribution in [0.4, 0.5) is 0 Å². The number of pyridine rings is 1. The van der Waals surface area contributed by atoms with Crippen LogP contribution in [0.15, 0.2) is 53.3 Å². The summed E-state index contributed by atoms with van der Waals surface area (Å²) in [5.74, 6) is -0.0459. The number of benzene rings is 2. The van der Waals surface area contributed by atoms with Crippen molar-refractivity contribution in [2.45, 2.75) is 40.2 Å². The van der Waals surface area contributed by atoms with E-state index in [0.717, 1.165) is 12.0 Å². The van der Waals surface area contributed by atoms with Gasteiger partial charge >= 0.3 is 0 Å². The lowest BCUT2D eigenvalue weighted by Crippen LogP contribution is -2.35. The van der Waals surface area contributed by atoms with E-state index in [1.54, 1.807) is 25.1 Å². The minimum atomic E-state index is -0.361. The molecule has 1 unspecified atom stereocenters. The maximum atomic E-state index is 13.4. The van der Waals surface area contributed by atoms with Crippen LogP contribution < -0.4 is 15.7 Å². The smallest absolute Gasteiger partial charge is 0.292 e. The van der Waals surface area contributed by atoms with Crippen molar-refractivity contribution in [3.63, 3.8) is 0 Å². The molecule has 1 heterocycles. The highest BCUT2D eigenvalue weighted by molar-refractivity contribution is 6.36. The number of aromatic nitrogens is 1. The Balaban J connectivity index is 2.13. The van der Waals surface area contributed by atoms with Crippen LogP contribution in [0.25, 0.3) is 10.8 Å². The van der Waals surface area contributed by atoms with Gasteiger partial charge in [0.1, 0.15) is 6.61 Å². The van der Waals surface area contributed by atoms with E-state index < -0.39 is 0 Å². The fourth-order valence-corrected chi connectivity index (χ4v) is 3.76. The molecule has 158 valence electrons. The second-order valence-corrected chi connectivity index (χ2v) is 8.16. The molecule has 0 aliphatic carbocycles. The first-order chi connectivity index (χ1) is 14.3. The molecule has 0 spiro atoms. The first kappa shape index (κ1) is 21.9. The molecule has 0 aliphatic heterocycles. The summed E-state index contributed by atoms with van der Waals surface area (Å²) in [5.41, 5.74) is 1.51. The Morgan fingerprint density at radius 1 is 1.13 bits per heavy atom. The monoisotopic (exact) mass is 426 g/mol. The summed E-state index contributed by atoms with van der Waals surface area (Å²) in [6.45, 7) is 8.08. The van der Waals surface area contributed by atoms with E-state index in [9.17, 15) is 9.59 Å². The summed E-state index contributed by atoms with van der Waals surface area (Å²) in [7, 11) is 0. The summed E-state index contributed by atoms with van der Waals surface area (Å²) in [6, 6.07) is 14.8. The maximum Gasteiger partial charge on any atom is 0.292 e. The molecule has 1 amide bonds. The van der Waals surface area contributed by atoms with E-state index in [0.29, 0.717) is 28.3 Å². The highest BCUT2D eigenvalue weighted by Crippen LogP contribution is 2.26. The number of fused-ring (bicyclic) bond motifs is 1. The number of hydrogen-bond donors (Lipinski definition) is 1. The highest BCUT2D eigenvalue weighted by atomic mass is 35.5. The van der Waals surface area contributed by atoms with E-state index in [1.165, 1.54) is 4.73 Å². The molecule has 30 heavy (non-hydrogen) atoms. The number of rotatable bonds is 7. The van der Waals surface area contributed by atoms with Gasteiger partial charge in [-0.15, -0.1) is 4.73 Å². The van der Waals surface area contributed by atoms with E-state index in [1.807, 2.05) is 51.1 Å². The normalized spacial score (nSPS) is 12.2. The number of carbonyl (C=O) groups excluding carboxylic acids is 1. The predicted octanol–water partition coefficient (Wildman–Crippen LogP) is 4.93. The van der Waals surface area contributed by atoms with Gasteiger partial charge in [0.25, 0.3) is 11.5 Å². The fourth-order valence-electron chi connectivity index (χ4n) is 3.50. The maximum absolute atomic E-state index is 13.4. The molecule has 5 nitrogen and oxygen atoms in total. The third kappa shape index (κ3) is 4.36. The van der Waals surface area contributed by atoms with Crippen LogP contribution in [-0.2, 0) is 0 Å². The van der Waals surface area contributed by atoms with Crippen LogP contribution in [0.2, 0.25) is 5.02 Å². The van der Waals surface area contributed by atoms with Gasteiger partial charge in [0.05, 0.1) is 27.7 Å². The molecule has 0 saturated carbocycles. The Morgan fingerprint density at radius 2 is 1.83 bits per heavy atom. The number of nitrogens with zero attached hydrogens (tertiary/aromatic N) is 1. The fraction of sp³-hybridized carbons (Fsp3) is 0.333. The molecule has 2 aromatic carbocycles. The summed E-state index contributed by atoms with van der Waals surface area (Å²) >= 11 is 6.35. The van der Waals surface area contributed by atoms with Gasteiger partial charge in [-0.05, 0) is 30.9 Å². The minimum absolute atomic E-state index is 0.149. The van der Waals surface area contributed by atoms with Gasteiger partial charge in [-0.1, -0.05) is 74.8 Å². The van der Waals surface area contributed by atoms with Crippen molar-refractivity contribution >= 4 is 28.3 Å². The van der Waals surface area contributed by atoms with Crippen molar-refractivity contribution in [1.82, 2.24) is 10.0 Å². The molecule has 1 N–H and O–H groups in total. The molecule has 1 atom stereocenters. The molecule has 0 fully saturated rings. The Bertz CT molecular complexity index is 1110. The second-order valence-electron chi connectivity index (χ2n) is 7.76. The molecule has 0 aliphatic rings. The number of amides is 1. The van der Waals surface area contributed by atoms with Gasteiger partial charge in [-0.2, -0.15) is 0 Å². The van der Waals surface area contributed by atoms with Gasteiger partial charge in [0.15, 0.2) is 0 Å². The second kappa shape index (κ2) is 9.35. The third-order valence-electron chi connectivity index (χ3n) is 5.03. The number of halogens is 1. The third-order valence-corrected chi connectivity index (χ3v) is 5.34. The van der Waals surface area contributed by atoms with Crippen molar-refractivity contribution in [3.8, 4) is 0 Å². The lowest BCUT2D eigenvalue weighted by atomic mass is 10.0. The summed E-state index contributed by atoms with van der Waals surface area (Å²) in [5, 5.41) is 4.21. The first-order valence-corrected chi connectivity index (χ1v) is 10.6. The van der Waals surface area contributed by atoms with Gasteiger partial charge < -0.3 is 10.2 Å². The Hall–Kier alpha value is -2.79. The van der Waals surface area contributed by atoms with Crippen LogP contribution in [0.5, 0.6) is 0 Å². The summed E-state index contributed by atoms with van der Waals surface area (Å²) in [6.07, 6.45) is 0.733. The molecule has 0 saturated heterocycles. The molecule has 1 aromatic heterocycles. The zero-order chi connectivity index (χ0) is 21.8. The quantitative estimate of drug-likeness (QED) is 0.582. The van der Waals surface area contributed by atoms with Crippen LogP contribution in [0.3, 0.4) is 0 Å². The molecular weight excluding hydrogens is 400 g/mol. The molecule has 6 heteroatoms. The number of carbonyl (C=O) groups is 1. The minimum Gasteiger partial charge on any atom is -0.410 e. The van der Waals surface area contributed by atoms with Crippen LogP contribution in [-0.4, -0.2) is 17.2 Å². The van der Waals surface area contributed by atoms with Crippen LogP contribution >= 0.6 is 11.6 Å². The van der Waals surface area contributed by atoms with E-state index >= 15 is 0 Å². The van der Waals surface area contributed by atoms with Crippen molar-refractivity contribution in [2.75, 3.05) is 6.61 Å². The lowest BCUT2D eigenvalue weighted by molar-refractivity contribution is 0.0761. The molecule has 3 rings (SSSR count). The molecule has 0 radical (unpaired) electrons. The molecule has 3 aromatic rings. The highest BCUT2D eigenvalue weighted by Gasteiger charge is 2.23. The van der Waals surface area contributed by atoms with E-state index in [-0.39, 0.29) is 28.8 Å². The average Bonchev–Trinajstić information content (AvgIpc) is 2.72. The largest absolute Gasteiger partial charge is 0.410 e. The zero-order valence-corrected chi connectivity index (χ0v) is 18.5. The molecular formula is C24H27ClN2O3. The van der Waals surface area contributed by atoms with Crippen molar-refractivity contribution in [3.05, 3.63) is 80.7 Å². The summed E-state index contributed by atoms with van der Waals surface area (Å²) in [4.78, 5) is 32.3. The molecule has 0 bridgehead atoms. The zero-order valence-electron chi connectivity index (χ0n) is 17.7. The van der Waals surface area contributed by atoms with E-state index in [2.05, 4.69) is 5.32 Å². The van der Waals surface area contributed by atoms with Gasteiger partial charge in [-0.3, -0.25) is 9.59 Å². The Kier molecular flexibility index (Phi) is 6.83. The predicted molar refractivity (Wildman–Crippen MR) is 121 cm³/mol. The first-order valence-electron chi connectivity index (χ1n) is 10.2. The Morgan fingerprint density at radius 3 is 2.47 bits per heavy atom. The number of nitrogens with one attached hydrogen (secondary N) is 1. The topological polar surface area (TPSA) is 60.3 Å².